The van der Waals surface area contributed by atoms with Gasteiger partial charge in [-0.05, 0) is 39.3 Å². The van der Waals surface area contributed by atoms with Crippen LogP contribution in [0.25, 0.3) is 0 Å². The van der Waals surface area contributed by atoms with Gasteiger partial charge in [-0.3, -0.25) is 8.06 Å². The van der Waals surface area contributed by atoms with Crippen molar-refractivity contribution < 1.29 is 0 Å². The highest BCUT2D eigenvalue weighted by Gasteiger charge is 2.12. The zero-order chi connectivity index (χ0) is 9.12. The summed E-state index contributed by atoms with van der Waals surface area (Å²) in [5, 5.41) is 0. The van der Waals surface area contributed by atoms with Gasteiger partial charge in [-0.1, -0.05) is 0 Å². The molecule has 0 rings (SSSR count). The summed E-state index contributed by atoms with van der Waals surface area (Å²) in [7, 11) is -2.48. The third-order valence-electron chi connectivity index (χ3n) is 0.629. The van der Waals surface area contributed by atoms with E-state index in [4.69, 9.17) is 0 Å². The molecular formula is C6H18N2SSi2. The van der Waals surface area contributed by atoms with Gasteiger partial charge in [0, 0.05) is 11.4 Å². The molecule has 0 spiro atoms. The van der Waals surface area contributed by atoms with Crippen LogP contribution in [0.5, 0.6) is 0 Å². The van der Waals surface area contributed by atoms with E-state index in [-0.39, 0.29) is 0 Å². The molecule has 0 aliphatic carbocycles. The van der Waals surface area contributed by atoms with E-state index in [1.807, 2.05) is 0 Å². The Labute approximate surface area is 75.5 Å². The standard InChI is InChI=1S/C6H18N2SSi2/c1-10(2,3)7-9-8-11(4,5)6/h1-6H3. The first-order chi connectivity index (χ1) is 4.71. The topological polar surface area (TPSA) is 24.7 Å². The van der Waals surface area contributed by atoms with Gasteiger partial charge in [-0.25, -0.2) is 0 Å². The van der Waals surface area contributed by atoms with Crippen molar-refractivity contribution in [3.63, 3.8) is 0 Å². The summed E-state index contributed by atoms with van der Waals surface area (Å²) in [4.78, 5) is 0. The van der Waals surface area contributed by atoms with E-state index in [0.717, 1.165) is 0 Å². The molecule has 66 valence electrons. The maximum atomic E-state index is 4.47. The molecule has 11 heavy (non-hydrogen) atoms. The summed E-state index contributed by atoms with van der Waals surface area (Å²) in [6, 6.07) is 0. The molecule has 0 amide bonds. The van der Waals surface area contributed by atoms with Gasteiger partial charge >= 0.3 is 0 Å². The van der Waals surface area contributed by atoms with E-state index >= 15 is 0 Å². The van der Waals surface area contributed by atoms with Gasteiger partial charge < -0.3 is 0 Å². The maximum Gasteiger partial charge on any atom is 0.190 e. The summed E-state index contributed by atoms with van der Waals surface area (Å²) >= 11 is 1.44. The van der Waals surface area contributed by atoms with Crippen molar-refractivity contribution >= 4 is 27.8 Å². The molecule has 0 unspecified atom stereocenters. The number of nitrogens with zero attached hydrogens (tertiary/aromatic N) is 2. The lowest BCUT2D eigenvalue weighted by molar-refractivity contribution is 1.58. The smallest absolute Gasteiger partial charge is 0.190 e. The summed E-state index contributed by atoms with van der Waals surface area (Å²) in [6.07, 6.45) is 0. The Morgan fingerprint density at radius 1 is 0.727 bits per heavy atom. The summed E-state index contributed by atoms with van der Waals surface area (Å²) < 4.78 is 8.93. The zero-order valence-corrected chi connectivity index (χ0v) is 11.1. The monoisotopic (exact) mass is 206 g/mol. The Morgan fingerprint density at radius 2 is 1.00 bits per heavy atom. The zero-order valence-electron chi connectivity index (χ0n) is 8.30. The lowest BCUT2D eigenvalue weighted by atomic mass is 11.8. The van der Waals surface area contributed by atoms with Crippen molar-refractivity contribution in [3.05, 3.63) is 0 Å². The first-order valence-electron chi connectivity index (χ1n) is 3.81. The minimum atomic E-state index is -1.24. The molecule has 0 radical (unpaired) electrons. The molecule has 0 bridgehead atoms. The normalized spacial score (nSPS) is 12.5. The number of rotatable bonds is 2. The Hall–Kier alpha value is 0.254. The van der Waals surface area contributed by atoms with Crippen LogP contribution >= 0.6 is 0 Å². The molecule has 5 heteroatoms. The van der Waals surface area contributed by atoms with Crippen LogP contribution < -0.4 is 0 Å². The molecule has 0 aromatic heterocycles. The van der Waals surface area contributed by atoms with Gasteiger partial charge in [0.25, 0.3) is 0 Å². The van der Waals surface area contributed by atoms with Gasteiger partial charge in [0.05, 0.1) is 0 Å². The Morgan fingerprint density at radius 3 is 1.18 bits per heavy atom. The fraction of sp³-hybridized carbons (Fsp3) is 1.00. The summed E-state index contributed by atoms with van der Waals surface area (Å²) in [6.45, 7) is 13.3. The van der Waals surface area contributed by atoms with Crippen molar-refractivity contribution in [2.45, 2.75) is 39.3 Å². The van der Waals surface area contributed by atoms with Crippen LogP contribution in [-0.4, -0.2) is 16.5 Å². The van der Waals surface area contributed by atoms with Gasteiger partial charge in [0.1, 0.15) is 0 Å². The number of hydrogen-bond donors (Lipinski definition) is 0. The molecule has 0 aliphatic rings. The molecule has 0 N–H and O–H groups in total. The minimum absolute atomic E-state index is 1.24. The molecule has 0 atom stereocenters. The van der Waals surface area contributed by atoms with Crippen LogP contribution in [-0.2, 0) is 11.4 Å². The minimum Gasteiger partial charge on any atom is -0.257 e. The highest BCUT2D eigenvalue weighted by Crippen LogP contribution is 2.03. The molecule has 0 fully saturated rings. The van der Waals surface area contributed by atoms with Crippen molar-refractivity contribution in [2.24, 2.45) is 8.06 Å². The van der Waals surface area contributed by atoms with Gasteiger partial charge in [-0.2, -0.15) is 0 Å². The van der Waals surface area contributed by atoms with Crippen LogP contribution in [0.4, 0.5) is 0 Å². The second-order valence-corrected chi connectivity index (χ2v) is 14.9. The molecule has 2 nitrogen and oxygen atoms in total. The fourth-order valence-electron chi connectivity index (χ4n) is 0.265. The predicted molar refractivity (Wildman–Crippen MR) is 58.9 cm³/mol. The Bertz CT molecular complexity index is 166. The summed E-state index contributed by atoms with van der Waals surface area (Å²) in [5.74, 6) is 0. The second-order valence-electron chi connectivity index (χ2n) is 4.61. The quantitative estimate of drug-likeness (QED) is 0.620. The summed E-state index contributed by atoms with van der Waals surface area (Å²) in [5.41, 5.74) is 0. The van der Waals surface area contributed by atoms with Gasteiger partial charge in [-0.15, -0.1) is 0 Å². The fourth-order valence-corrected chi connectivity index (χ4v) is 2.76. The largest absolute Gasteiger partial charge is 0.257 e. The molecule has 0 saturated carbocycles. The number of hydrogen-bond acceptors (Lipinski definition) is 2. The van der Waals surface area contributed by atoms with Crippen LogP contribution in [0.2, 0.25) is 39.3 Å². The van der Waals surface area contributed by atoms with Crippen LogP contribution in [0.3, 0.4) is 0 Å². The average Bonchev–Trinajstić information content (AvgIpc) is 1.55. The van der Waals surface area contributed by atoms with E-state index in [2.05, 4.69) is 47.3 Å². The molecular weight excluding hydrogens is 188 g/mol. The second kappa shape index (κ2) is 3.77. The Kier molecular flexibility index (Phi) is 3.86. The van der Waals surface area contributed by atoms with Gasteiger partial charge in [0.2, 0.25) is 0 Å². The van der Waals surface area contributed by atoms with Crippen molar-refractivity contribution in [1.29, 1.82) is 0 Å². The van der Waals surface area contributed by atoms with Crippen molar-refractivity contribution in [3.8, 4) is 0 Å². The lowest BCUT2D eigenvalue weighted by Gasteiger charge is -2.06. The molecule has 0 aliphatic heterocycles. The molecule has 0 aromatic rings. The van der Waals surface area contributed by atoms with Gasteiger partial charge in [0.15, 0.2) is 16.5 Å². The predicted octanol–water partition coefficient (Wildman–Crippen LogP) is 3.11. The highest BCUT2D eigenvalue weighted by atomic mass is 32.1. The molecule has 0 aromatic carbocycles. The molecule has 0 saturated heterocycles. The van der Waals surface area contributed by atoms with Crippen molar-refractivity contribution in [1.82, 2.24) is 0 Å². The SMILES string of the molecule is C[Si](C)(C)N=S=N[Si](C)(C)C. The third-order valence-corrected chi connectivity index (χ3v) is 5.66. The first kappa shape index (κ1) is 11.3. The van der Waals surface area contributed by atoms with Crippen molar-refractivity contribution in [2.75, 3.05) is 0 Å². The van der Waals surface area contributed by atoms with E-state index in [1.165, 1.54) is 11.4 Å². The van der Waals surface area contributed by atoms with Crippen LogP contribution in [0, 0.1) is 0 Å². The van der Waals surface area contributed by atoms with E-state index in [9.17, 15) is 0 Å². The Balaban J connectivity index is 4.25. The molecule has 0 heterocycles. The average molecular weight is 206 g/mol. The first-order valence-corrected chi connectivity index (χ1v) is 11.4. The maximum absolute atomic E-state index is 4.47. The third kappa shape index (κ3) is 10.3. The lowest BCUT2D eigenvalue weighted by Crippen LogP contribution is -2.17. The van der Waals surface area contributed by atoms with Crippen LogP contribution in [0.15, 0.2) is 8.06 Å². The van der Waals surface area contributed by atoms with E-state index < -0.39 is 16.5 Å². The van der Waals surface area contributed by atoms with E-state index in [1.54, 1.807) is 0 Å². The van der Waals surface area contributed by atoms with E-state index in [0.29, 0.717) is 0 Å². The van der Waals surface area contributed by atoms with Crippen LogP contribution in [0.1, 0.15) is 0 Å². The highest BCUT2D eigenvalue weighted by molar-refractivity contribution is 7.60.